The zero-order valence-corrected chi connectivity index (χ0v) is 13.4. The van der Waals surface area contributed by atoms with Gasteiger partial charge >= 0.3 is 0 Å². The van der Waals surface area contributed by atoms with E-state index in [1.807, 2.05) is 0 Å². The van der Waals surface area contributed by atoms with Crippen molar-refractivity contribution in [3.05, 3.63) is 0 Å². The molecule has 0 aromatic rings. The molecular weight excluding hydrogens is 266 g/mol. The van der Waals surface area contributed by atoms with E-state index < -0.39 is 0 Å². The van der Waals surface area contributed by atoms with Crippen LogP contribution in [0.4, 0.5) is 0 Å². The first-order chi connectivity index (χ1) is 10.1. The number of hydrogen-bond donors (Lipinski definition) is 1. The van der Waals surface area contributed by atoms with Crippen LogP contribution >= 0.6 is 0 Å². The topological polar surface area (TPSA) is 44.8 Å². The van der Waals surface area contributed by atoms with Gasteiger partial charge in [-0.05, 0) is 39.7 Å². The second kappa shape index (κ2) is 6.63. The Morgan fingerprint density at radius 3 is 2.67 bits per heavy atom. The van der Waals surface area contributed by atoms with Gasteiger partial charge in [-0.15, -0.1) is 0 Å². The van der Waals surface area contributed by atoms with Crippen molar-refractivity contribution in [2.75, 3.05) is 39.3 Å². The molecule has 21 heavy (non-hydrogen) atoms. The second-order valence-electron chi connectivity index (χ2n) is 6.99. The summed E-state index contributed by atoms with van der Waals surface area (Å²) >= 11 is 0. The van der Waals surface area contributed by atoms with E-state index in [2.05, 4.69) is 29.0 Å². The third kappa shape index (κ3) is 3.58. The molecule has 3 fully saturated rings. The Morgan fingerprint density at radius 2 is 2.00 bits per heavy atom. The molecule has 0 aromatic carbocycles. The number of nitrogens with one attached hydrogen (secondary N) is 1. The fourth-order valence-corrected chi connectivity index (χ4v) is 4.15. The third-order valence-electron chi connectivity index (χ3n) is 5.03. The lowest BCUT2D eigenvalue weighted by Crippen LogP contribution is -2.51. The second-order valence-corrected chi connectivity index (χ2v) is 6.99. The van der Waals surface area contributed by atoms with Crippen LogP contribution in [0.5, 0.6) is 0 Å². The smallest absolute Gasteiger partial charge is 0.227 e. The lowest BCUT2D eigenvalue weighted by atomic mass is 10.1. The summed E-state index contributed by atoms with van der Waals surface area (Å²) in [5, 5.41) is 3.31. The van der Waals surface area contributed by atoms with Gasteiger partial charge < -0.3 is 15.0 Å². The largest absolute Gasteiger partial charge is 0.373 e. The lowest BCUT2D eigenvalue weighted by Gasteiger charge is -2.38. The Hall–Kier alpha value is -0.650. The molecule has 1 N–H and O–H groups in total. The van der Waals surface area contributed by atoms with Crippen LogP contribution in [-0.2, 0) is 9.53 Å². The number of ether oxygens (including phenoxy) is 1. The lowest BCUT2D eigenvalue weighted by molar-refractivity contribution is -0.136. The fourth-order valence-electron chi connectivity index (χ4n) is 4.15. The van der Waals surface area contributed by atoms with Crippen molar-refractivity contribution in [2.24, 2.45) is 5.92 Å². The van der Waals surface area contributed by atoms with E-state index in [4.69, 9.17) is 4.74 Å². The molecule has 0 aliphatic carbocycles. The average molecular weight is 295 g/mol. The van der Waals surface area contributed by atoms with Gasteiger partial charge in [0.05, 0.1) is 18.1 Å². The molecule has 1 amide bonds. The minimum Gasteiger partial charge on any atom is -0.373 e. The van der Waals surface area contributed by atoms with Gasteiger partial charge in [0.25, 0.3) is 0 Å². The quantitative estimate of drug-likeness (QED) is 0.832. The number of carbonyl (C=O) groups is 1. The first kappa shape index (κ1) is 15.3. The normalized spacial score (nSPS) is 38.1. The summed E-state index contributed by atoms with van der Waals surface area (Å²) in [7, 11) is 0. The number of likely N-dealkylation sites (tertiary alicyclic amines) is 1. The summed E-state index contributed by atoms with van der Waals surface area (Å²) in [6.07, 6.45) is 3.93. The van der Waals surface area contributed by atoms with Crippen LogP contribution in [0, 0.1) is 5.92 Å². The number of hydrogen-bond acceptors (Lipinski definition) is 4. The minimum atomic E-state index is 0.216. The molecule has 4 atom stereocenters. The molecule has 0 unspecified atom stereocenters. The maximum Gasteiger partial charge on any atom is 0.227 e. The number of rotatable bonds is 3. The minimum absolute atomic E-state index is 0.216. The molecule has 0 bridgehead atoms. The van der Waals surface area contributed by atoms with Crippen molar-refractivity contribution in [3.8, 4) is 0 Å². The molecule has 0 spiro atoms. The highest BCUT2D eigenvalue weighted by atomic mass is 16.5. The first-order valence-electron chi connectivity index (χ1n) is 8.52. The van der Waals surface area contributed by atoms with E-state index in [-0.39, 0.29) is 5.92 Å². The Kier molecular flexibility index (Phi) is 4.82. The van der Waals surface area contributed by atoms with Crippen molar-refractivity contribution in [2.45, 2.75) is 51.4 Å². The highest BCUT2D eigenvalue weighted by Gasteiger charge is 2.36. The highest BCUT2D eigenvalue weighted by Crippen LogP contribution is 2.24. The number of nitrogens with zero attached hydrogens (tertiary/aromatic N) is 2. The van der Waals surface area contributed by atoms with Crippen LogP contribution in [0.15, 0.2) is 0 Å². The molecule has 3 aliphatic heterocycles. The van der Waals surface area contributed by atoms with Crippen molar-refractivity contribution >= 4 is 5.91 Å². The fraction of sp³-hybridized carbons (Fsp3) is 0.938. The Balaban J connectivity index is 1.57. The zero-order valence-electron chi connectivity index (χ0n) is 13.4. The van der Waals surface area contributed by atoms with Gasteiger partial charge in [-0.1, -0.05) is 0 Å². The maximum absolute atomic E-state index is 12.7. The van der Waals surface area contributed by atoms with Crippen LogP contribution in [0.1, 0.15) is 33.1 Å². The summed E-state index contributed by atoms with van der Waals surface area (Å²) in [4.78, 5) is 17.3. The van der Waals surface area contributed by atoms with E-state index in [9.17, 15) is 4.79 Å². The summed E-state index contributed by atoms with van der Waals surface area (Å²) in [6.45, 7) is 10.1. The van der Waals surface area contributed by atoms with Crippen molar-refractivity contribution in [1.29, 1.82) is 0 Å². The summed E-state index contributed by atoms with van der Waals surface area (Å²) in [6, 6.07) is 0.413. The van der Waals surface area contributed by atoms with Gasteiger partial charge in [-0.25, -0.2) is 0 Å². The van der Waals surface area contributed by atoms with Crippen LogP contribution in [0.25, 0.3) is 0 Å². The van der Waals surface area contributed by atoms with Crippen molar-refractivity contribution in [3.63, 3.8) is 0 Å². The monoisotopic (exact) mass is 295 g/mol. The summed E-state index contributed by atoms with van der Waals surface area (Å²) in [5.41, 5.74) is 0. The van der Waals surface area contributed by atoms with Crippen LogP contribution < -0.4 is 5.32 Å². The molecule has 0 saturated carbocycles. The predicted molar refractivity (Wildman–Crippen MR) is 82.2 cm³/mol. The molecule has 5 heteroatoms. The van der Waals surface area contributed by atoms with Gasteiger partial charge in [0.1, 0.15) is 0 Å². The van der Waals surface area contributed by atoms with Crippen molar-refractivity contribution < 1.29 is 9.53 Å². The standard InChI is InChI=1S/C16H29N3O2/c1-12-9-18(10-13(2)21-12)11-15-4-3-7-19(15)16(20)14-5-6-17-8-14/h12-15,17H,3-11H2,1-2H3/t12-,13-,14+,15+/m1/s1. The molecule has 3 rings (SSSR count). The average Bonchev–Trinajstić information content (AvgIpc) is 3.07. The Labute approximate surface area is 128 Å². The third-order valence-corrected chi connectivity index (χ3v) is 5.03. The number of amides is 1. The van der Waals surface area contributed by atoms with E-state index in [1.54, 1.807) is 0 Å². The maximum atomic E-state index is 12.7. The molecule has 0 aromatic heterocycles. The zero-order chi connectivity index (χ0) is 14.8. The summed E-state index contributed by atoms with van der Waals surface area (Å²) < 4.78 is 5.81. The molecule has 5 nitrogen and oxygen atoms in total. The van der Waals surface area contributed by atoms with Crippen LogP contribution in [-0.4, -0.2) is 73.2 Å². The molecule has 3 aliphatic rings. The van der Waals surface area contributed by atoms with Crippen molar-refractivity contribution in [1.82, 2.24) is 15.1 Å². The van der Waals surface area contributed by atoms with Gasteiger partial charge in [0, 0.05) is 38.8 Å². The van der Waals surface area contributed by atoms with E-state index in [1.165, 1.54) is 0 Å². The van der Waals surface area contributed by atoms with Gasteiger partial charge in [0.15, 0.2) is 0 Å². The van der Waals surface area contributed by atoms with E-state index >= 15 is 0 Å². The number of morpholine rings is 1. The van der Waals surface area contributed by atoms with Crippen LogP contribution in [0.2, 0.25) is 0 Å². The molecule has 3 saturated heterocycles. The molecule has 3 heterocycles. The van der Waals surface area contributed by atoms with E-state index in [0.29, 0.717) is 24.2 Å². The van der Waals surface area contributed by atoms with Gasteiger partial charge in [-0.2, -0.15) is 0 Å². The SMILES string of the molecule is C[C@@H]1CN(C[C@@H]2CCCN2C(=O)[C@H]2CCNC2)C[C@@H](C)O1. The molecule has 120 valence electrons. The van der Waals surface area contributed by atoms with Gasteiger partial charge in [0.2, 0.25) is 5.91 Å². The Morgan fingerprint density at radius 1 is 1.24 bits per heavy atom. The van der Waals surface area contributed by atoms with E-state index in [0.717, 1.165) is 58.5 Å². The van der Waals surface area contributed by atoms with Crippen LogP contribution in [0.3, 0.4) is 0 Å². The predicted octanol–water partition coefficient (Wildman–Crippen LogP) is 0.696. The number of carbonyl (C=O) groups excluding carboxylic acids is 1. The Bertz CT molecular complexity index is 361. The highest BCUT2D eigenvalue weighted by molar-refractivity contribution is 5.80. The first-order valence-corrected chi connectivity index (χ1v) is 8.52. The molecule has 0 radical (unpaired) electrons. The van der Waals surface area contributed by atoms with Gasteiger partial charge in [-0.3, -0.25) is 9.69 Å². The molecular formula is C16H29N3O2. The summed E-state index contributed by atoms with van der Waals surface area (Å²) in [5.74, 6) is 0.602.